The third kappa shape index (κ3) is 3.62. The Balaban J connectivity index is 1.97. The quantitative estimate of drug-likeness (QED) is 0.791. The lowest BCUT2D eigenvalue weighted by Gasteiger charge is -2.53. The van der Waals surface area contributed by atoms with Crippen molar-refractivity contribution in [1.82, 2.24) is 4.90 Å². The molecule has 0 unspecified atom stereocenters. The highest BCUT2D eigenvalue weighted by molar-refractivity contribution is 5.04. The molecule has 1 saturated carbocycles. The van der Waals surface area contributed by atoms with E-state index in [4.69, 9.17) is 5.73 Å². The summed E-state index contributed by atoms with van der Waals surface area (Å²) in [6.45, 7) is 8.44. The first-order valence-electron chi connectivity index (χ1n) is 9.24. The zero-order chi connectivity index (χ0) is 15.3. The smallest absolute Gasteiger partial charge is 0.0740 e. The van der Waals surface area contributed by atoms with Gasteiger partial charge in [0.25, 0.3) is 0 Å². The second-order valence-electron chi connectivity index (χ2n) is 7.59. The second kappa shape index (κ2) is 7.43. The SMILES string of the molecule is CCCC1CCC(CN)(C2(O)CCN(CCC)CC2)CC1. The van der Waals surface area contributed by atoms with Crippen LogP contribution in [-0.4, -0.2) is 41.8 Å². The van der Waals surface area contributed by atoms with Crippen LogP contribution in [0.3, 0.4) is 0 Å². The Hall–Kier alpha value is -0.120. The lowest BCUT2D eigenvalue weighted by Crippen LogP contribution is -2.59. The third-order valence-electron chi connectivity index (χ3n) is 6.36. The highest BCUT2D eigenvalue weighted by Crippen LogP contribution is 2.50. The number of likely N-dealkylation sites (tertiary alicyclic amines) is 1. The van der Waals surface area contributed by atoms with E-state index in [1.54, 1.807) is 0 Å². The normalized spacial score (nSPS) is 34.0. The van der Waals surface area contributed by atoms with Gasteiger partial charge in [0.05, 0.1) is 5.60 Å². The Bertz CT molecular complexity index is 302. The van der Waals surface area contributed by atoms with Gasteiger partial charge in [-0.1, -0.05) is 26.7 Å². The molecule has 1 aliphatic heterocycles. The molecule has 1 aliphatic carbocycles. The minimum absolute atomic E-state index is 0.00442. The Morgan fingerprint density at radius 1 is 1.05 bits per heavy atom. The van der Waals surface area contributed by atoms with Crippen LogP contribution in [0.4, 0.5) is 0 Å². The van der Waals surface area contributed by atoms with E-state index in [9.17, 15) is 5.11 Å². The minimum Gasteiger partial charge on any atom is -0.389 e. The number of hydrogen-bond donors (Lipinski definition) is 2. The van der Waals surface area contributed by atoms with E-state index in [2.05, 4.69) is 18.7 Å². The van der Waals surface area contributed by atoms with Crippen molar-refractivity contribution in [2.24, 2.45) is 17.1 Å². The molecule has 3 nitrogen and oxygen atoms in total. The van der Waals surface area contributed by atoms with Gasteiger partial charge in [0, 0.05) is 25.0 Å². The van der Waals surface area contributed by atoms with Gasteiger partial charge in [-0.25, -0.2) is 0 Å². The van der Waals surface area contributed by atoms with Crippen LogP contribution in [0.25, 0.3) is 0 Å². The number of nitrogens with two attached hydrogens (primary N) is 1. The Morgan fingerprint density at radius 2 is 1.67 bits per heavy atom. The average molecular weight is 296 g/mol. The van der Waals surface area contributed by atoms with Gasteiger partial charge in [0.2, 0.25) is 0 Å². The summed E-state index contributed by atoms with van der Waals surface area (Å²) in [6, 6.07) is 0. The molecule has 0 atom stereocenters. The molecule has 0 spiro atoms. The van der Waals surface area contributed by atoms with Crippen molar-refractivity contribution in [3.8, 4) is 0 Å². The first-order valence-corrected chi connectivity index (χ1v) is 9.24. The van der Waals surface area contributed by atoms with Gasteiger partial charge in [-0.3, -0.25) is 0 Å². The molecule has 0 amide bonds. The van der Waals surface area contributed by atoms with Gasteiger partial charge < -0.3 is 15.7 Å². The van der Waals surface area contributed by atoms with Crippen LogP contribution in [0.5, 0.6) is 0 Å². The molecule has 1 heterocycles. The molecule has 0 radical (unpaired) electrons. The van der Waals surface area contributed by atoms with Gasteiger partial charge in [-0.05, 0) is 57.4 Å². The maximum absolute atomic E-state index is 11.3. The summed E-state index contributed by atoms with van der Waals surface area (Å²) in [5.41, 5.74) is 5.68. The summed E-state index contributed by atoms with van der Waals surface area (Å²) in [5.74, 6) is 0.874. The number of nitrogens with zero attached hydrogens (tertiary/aromatic N) is 1. The zero-order valence-electron chi connectivity index (χ0n) is 14.2. The molecule has 1 saturated heterocycles. The summed E-state index contributed by atoms with van der Waals surface area (Å²) in [6.07, 6.45) is 10.5. The lowest BCUT2D eigenvalue weighted by atomic mass is 9.58. The third-order valence-corrected chi connectivity index (χ3v) is 6.36. The van der Waals surface area contributed by atoms with Gasteiger partial charge in [0.1, 0.15) is 0 Å². The van der Waals surface area contributed by atoms with E-state index >= 15 is 0 Å². The molecule has 124 valence electrons. The molecule has 0 aromatic heterocycles. The van der Waals surface area contributed by atoms with E-state index in [1.807, 2.05) is 0 Å². The molecule has 0 aromatic carbocycles. The highest BCUT2D eigenvalue weighted by Gasteiger charge is 2.51. The van der Waals surface area contributed by atoms with Gasteiger partial charge in [0.15, 0.2) is 0 Å². The standard InChI is InChI=1S/C18H36N2O/c1-3-5-16-6-8-17(15-19,9-7-16)18(21)10-13-20(12-4-2)14-11-18/h16,21H,3-15,19H2,1-2H3. The van der Waals surface area contributed by atoms with Crippen LogP contribution in [0, 0.1) is 11.3 Å². The lowest BCUT2D eigenvalue weighted by molar-refractivity contribution is -0.136. The average Bonchev–Trinajstić information content (AvgIpc) is 2.51. The maximum Gasteiger partial charge on any atom is 0.0740 e. The first-order chi connectivity index (χ1) is 10.1. The molecule has 2 fully saturated rings. The van der Waals surface area contributed by atoms with Crippen LogP contribution in [0.1, 0.15) is 71.6 Å². The molecule has 21 heavy (non-hydrogen) atoms. The van der Waals surface area contributed by atoms with Crippen molar-refractivity contribution in [3.63, 3.8) is 0 Å². The maximum atomic E-state index is 11.3. The summed E-state index contributed by atoms with van der Waals surface area (Å²) in [7, 11) is 0. The number of rotatable bonds is 6. The van der Waals surface area contributed by atoms with Gasteiger partial charge in [-0.15, -0.1) is 0 Å². The first kappa shape index (κ1) is 17.2. The fourth-order valence-corrected chi connectivity index (χ4v) is 4.78. The largest absolute Gasteiger partial charge is 0.389 e. The van der Waals surface area contributed by atoms with Crippen LogP contribution in [0.15, 0.2) is 0 Å². The second-order valence-corrected chi connectivity index (χ2v) is 7.59. The van der Waals surface area contributed by atoms with E-state index in [-0.39, 0.29) is 5.41 Å². The van der Waals surface area contributed by atoms with Gasteiger partial charge in [-0.2, -0.15) is 0 Å². The number of aliphatic hydroxyl groups is 1. The molecule has 0 bridgehead atoms. The van der Waals surface area contributed by atoms with E-state index in [1.165, 1.54) is 38.6 Å². The monoisotopic (exact) mass is 296 g/mol. The van der Waals surface area contributed by atoms with Crippen LogP contribution in [-0.2, 0) is 0 Å². The Labute approximate surface area is 131 Å². The predicted octanol–water partition coefficient (Wildman–Crippen LogP) is 3.16. The van der Waals surface area contributed by atoms with Crippen LogP contribution >= 0.6 is 0 Å². The fourth-order valence-electron chi connectivity index (χ4n) is 4.78. The molecular weight excluding hydrogens is 260 g/mol. The predicted molar refractivity (Wildman–Crippen MR) is 89.3 cm³/mol. The summed E-state index contributed by atoms with van der Waals surface area (Å²) in [5, 5.41) is 11.3. The minimum atomic E-state index is -0.511. The van der Waals surface area contributed by atoms with Crippen molar-refractivity contribution < 1.29 is 5.11 Å². The number of piperidine rings is 1. The Morgan fingerprint density at radius 3 is 2.14 bits per heavy atom. The molecule has 0 aromatic rings. The van der Waals surface area contributed by atoms with E-state index < -0.39 is 5.60 Å². The number of hydrogen-bond acceptors (Lipinski definition) is 3. The molecule has 2 rings (SSSR count). The van der Waals surface area contributed by atoms with E-state index in [0.717, 1.165) is 44.7 Å². The molecule has 3 heteroatoms. The van der Waals surface area contributed by atoms with Crippen molar-refractivity contribution in [3.05, 3.63) is 0 Å². The van der Waals surface area contributed by atoms with Crippen LogP contribution in [0.2, 0.25) is 0 Å². The van der Waals surface area contributed by atoms with Crippen molar-refractivity contribution >= 4 is 0 Å². The summed E-state index contributed by atoms with van der Waals surface area (Å²) < 4.78 is 0. The molecule has 2 aliphatic rings. The zero-order valence-corrected chi connectivity index (χ0v) is 14.2. The van der Waals surface area contributed by atoms with Gasteiger partial charge >= 0.3 is 0 Å². The van der Waals surface area contributed by atoms with Crippen molar-refractivity contribution in [1.29, 1.82) is 0 Å². The topological polar surface area (TPSA) is 49.5 Å². The highest BCUT2D eigenvalue weighted by atomic mass is 16.3. The summed E-state index contributed by atoms with van der Waals surface area (Å²) in [4.78, 5) is 2.50. The van der Waals surface area contributed by atoms with Crippen LogP contribution < -0.4 is 5.73 Å². The fraction of sp³-hybridized carbons (Fsp3) is 1.00. The van der Waals surface area contributed by atoms with E-state index in [0.29, 0.717) is 6.54 Å². The Kier molecular flexibility index (Phi) is 6.10. The molecule has 3 N–H and O–H groups in total. The van der Waals surface area contributed by atoms with Crippen molar-refractivity contribution in [2.45, 2.75) is 77.2 Å². The summed E-state index contributed by atoms with van der Waals surface area (Å²) >= 11 is 0. The molecular formula is C18H36N2O. The van der Waals surface area contributed by atoms with Crippen molar-refractivity contribution in [2.75, 3.05) is 26.2 Å².